The summed E-state index contributed by atoms with van der Waals surface area (Å²) in [7, 11) is 1.61. The number of methoxy groups -OCH3 is 1. The topological polar surface area (TPSA) is 108 Å². The lowest BCUT2D eigenvalue weighted by Gasteiger charge is -2.14. The molecule has 3 aromatic rings. The van der Waals surface area contributed by atoms with Gasteiger partial charge in [0, 0.05) is 0 Å². The number of aromatic nitrogens is 4. The van der Waals surface area contributed by atoms with Crippen LogP contribution in [0.5, 0.6) is 5.75 Å². The van der Waals surface area contributed by atoms with Crippen LogP contribution in [0.15, 0.2) is 23.4 Å². The van der Waals surface area contributed by atoms with Gasteiger partial charge in [0.25, 0.3) is 0 Å². The van der Waals surface area contributed by atoms with Gasteiger partial charge >= 0.3 is 0 Å². The molecule has 0 saturated heterocycles. The van der Waals surface area contributed by atoms with Crippen molar-refractivity contribution in [3.05, 3.63) is 18.2 Å². The Morgan fingerprint density at radius 1 is 1.46 bits per heavy atom. The van der Waals surface area contributed by atoms with Crippen molar-refractivity contribution in [2.75, 3.05) is 24.4 Å². The van der Waals surface area contributed by atoms with Crippen molar-refractivity contribution in [1.82, 2.24) is 19.7 Å². The molecular weight excluding hydrogens is 348 g/mol. The van der Waals surface area contributed by atoms with Crippen molar-refractivity contribution in [2.45, 2.75) is 18.1 Å². The molecule has 1 amide bonds. The molecule has 0 radical (unpaired) electrons. The predicted octanol–water partition coefficient (Wildman–Crippen LogP) is 2.40. The molecule has 126 valence electrons. The summed E-state index contributed by atoms with van der Waals surface area (Å²) >= 11 is 2.76. The fourth-order valence-electron chi connectivity index (χ4n) is 2.20. The zero-order valence-electron chi connectivity index (χ0n) is 13.3. The number of nitrogens with zero attached hydrogens (tertiary/aromatic N) is 4. The molecule has 0 bridgehead atoms. The van der Waals surface area contributed by atoms with Gasteiger partial charge in [0.05, 0.1) is 17.3 Å². The highest BCUT2D eigenvalue weighted by Gasteiger charge is 2.22. The second-order valence-corrected chi connectivity index (χ2v) is 6.74. The molecule has 2 heterocycles. The average molecular weight is 364 g/mol. The third-order valence-electron chi connectivity index (χ3n) is 3.47. The minimum atomic E-state index is -0.552. The van der Waals surface area contributed by atoms with Gasteiger partial charge in [-0.25, -0.2) is 4.98 Å². The number of thioether (sulfide) groups is 1. The maximum absolute atomic E-state index is 12.5. The first-order valence-corrected chi connectivity index (χ1v) is 9.07. The van der Waals surface area contributed by atoms with Gasteiger partial charge in [-0.1, -0.05) is 23.1 Å². The quantitative estimate of drug-likeness (QED) is 0.669. The first kappa shape index (κ1) is 16.5. The minimum absolute atomic E-state index is 0.205. The van der Waals surface area contributed by atoms with Crippen molar-refractivity contribution in [2.24, 2.45) is 0 Å². The van der Waals surface area contributed by atoms with Crippen molar-refractivity contribution in [3.63, 3.8) is 0 Å². The zero-order chi connectivity index (χ0) is 17.3. The summed E-state index contributed by atoms with van der Waals surface area (Å²) in [6.07, 6.45) is 1.85. The number of amides is 1. The van der Waals surface area contributed by atoms with E-state index in [0.29, 0.717) is 10.3 Å². The standard InChI is InChI=1S/C14H16N6O2S2/c1-7(20-12(15)18-19-14(20)23-3)11(21)17-13-16-9-5-4-8(22-2)6-10(9)24-13/h4-7H,1-3H3,(H2,15,18)(H,16,17,21). The first-order valence-electron chi connectivity index (χ1n) is 7.03. The molecular formula is C14H16N6O2S2. The summed E-state index contributed by atoms with van der Waals surface area (Å²) in [6, 6.07) is 5.02. The molecule has 0 aliphatic carbocycles. The van der Waals surface area contributed by atoms with Crippen molar-refractivity contribution in [3.8, 4) is 5.75 Å². The number of rotatable bonds is 5. The monoisotopic (exact) mass is 364 g/mol. The number of thiazole rings is 1. The van der Waals surface area contributed by atoms with Gasteiger partial charge in [-0.15, -0.1) is 10.2 Å². The van der Waals surface area contributed by atoms with Gasteiger partial charge in [-0.05, 0) is 31.4 Å². The number of ether oxygens (including phenoxy) is 1. The summed E-state index contributed by atoms with van der Waals surface area (Å²) in [4.78, 5) is 16.9. The molecule has 0 fully saturated rings. The van der Waals surface area contributed by atoms with Crippen LogP contribution in [0.3, 0.4) is 0 Å². The lowest BCUT2D eigenvalue weighted by molar-refractivity contribution is -0.118. The number of fused-ring (bicyclic) bond motifs is 1. The van der Waals surface area contributed by atoms with Gasteiger partial charge in [0.1, 0.15) is 11.8 Å². The summed E-state index contributed by atoms with van der Waals surface area (Å²) in [5.74, 6) is 0.720. The van der Waals surface area contributed by atoms with E-state index < -0.39 is 6.04 Å². The lowest BCUT2D eigenvalue weighted by atomic mass is 10.3. The molecule has 1 aromatic carbocycles. The van der Waals surface area contributed by atoms with Gasteiger partial charge in [-0.2, -0.15) is 0 Å². The maximum Gasteiger partial charge on any atom is 0.249 e. The van der Waals surface area contributed by atoms with E-state index in [1.54, 1.807) is 18.6 Å². The Hall–Kier alpha value is -2.33. The van der Waals surface area contributed by atoms with E-state index in [-0.39, 0.29) is 11.9 Å². The Labute approximate surface area is 146 Å². The van der Waals surface area contributed by atoms with Crippen molar-refractivity contribution in [1.29, 1.82) is 0 Å². The van der Waals surface area contributed by atoms with Gasteiger partial charge in [0.15, 0.2) is 10.3 Å². The SMILES string of the molecule is COc1ccc2nc(NC(=O)C(C)n3c(N)nnc3SC)sc2c1. The fourth-order valence-corrected chi connectivity index (χ4v) is 3.67. The van der Waals surface area contributed by atoms with Gasteiger partial charge < -0.3 is 15.8 Å². The number of nitrogen functional groups attached to an aromatic ring is 1. The Morgan fingerprint density at radius 2 is 2.25 bits per heavy atom. The largest absolute Gasteiger partial charge is 0.497 e. The number of carbonyl (C=O) groups is 1. The Bertz CT molecular complexity index is 891. The highest BCUT2D eigenvalue weighted by Crippen LogP contribution is 2.30. The second kappa shape index (κ2) is 6.65. The predicted molar refractivity (Wildman–Crippen MR) is 95.7 cm³/mol. The van der Waals surface area contributed by atoms with Gasteiger partial charge in [-0.3, -0.25) is 9.36 Å². The molecule has 2 aromatic heterocycles. The molecule has 1 unspecified atom stereocenters. The lowest BCUT2D eigenvalue weighted by Crippen LogP contribution is -2.25. The number of hydrogen-bond acceptors (Lipinski definition) is 8. The van der Waals surface area contributed by atoms with E-state index in [4.69, 9.17) is 10.5 Å². The molecule has 8 nitrogen and oxygen atoms in total. The van der Waals surface area contributed by atoms with Crippen molar-refractivity contribution >= 4 is 50.3 Å². The molecule has 0 aliphatic heterocycles. The fraction of sp³-hybridized carbons (Fsp3) is 0.286. The highest BCUT2D eigenvalue weighted by molar-refractivity contribution is 7.98. The summed E-state index contributed by atoms with van der Waals surface area (Å²) < 4.78 is 7.73. The zero-order valence-corrected chi connectivity index (χ0v) is 14.9. The summed E-state index contributed by atoms with van der Waals surface area (Å²) in [6.45, 7) is 1.74. The van der Waals surface area contributed by atoms with Gasteiger partial charge in [0.2, 0.25) is 11.9 Å². The molecule has 10 heteroatoms. The Morgan fingerprint density at radius 3 is 2.96 bits per heavy atom. The van der Waals surface area contributed by atoms with Crippen LogP contribution < -0.4 is 15.8 Å². The van der Waals surface area contributed by atoms with E-state index in [2.05, 4.69) is 20.5 Å². The van der Waals surface area contributed by atoms with Crippen LogP contribution in [0, 0.1) is 0 Å². The molecule has 24 heavy (non-hydrogen) atoms. The van der Waals surface area contributed by atoms with Crippen LogP contribution in [0.1, 0.15) is 13.0 Å². The first-order chi connectivity index (χ1) is 11.5. The highest BCUT2D eigenvalue weighted by atomic mass is 32.2. The number of hydrogen-bond donors (Lipinski definition) is 2. The van der Waals surface area contributed by atoms with Crippen LogP contribution >= 0.6 is 23.1 Å². The molecule has 0 spiro atoms. The van der Waals surface area contributed by atoms with E-state index in [9.17, 15) is 4.79 Å². The smallest absolute Gasteiger partial charge is 0.249 e. The molecule has 3 rings (SSSR count). The number of nitrogens with one attached hydrogen (secondary N) is 1. The Kier molecular flexibility index (Phi) is 4.58. The van der Waals surface area contributed by atoms with Crippen LogP contribution in [0.4, 0.5) is 11.1 Å². The maximum atomic E-state index is 12.5. The second-order valence-electron chi connectivity index (χ2n) is 4.93. The number of carbonyl (C=O) groups excluding carboxylic acids is 1. The average Bonchev–Trinajstić information content (AvgIpc) is 3.15. The minimum Gasteiger partial charge on any atom is -0.497 e. The summed E-state index contributed by atoms with van der Waals surface area (Å²) in [5, 5.41) is 11.7. The molecule has 0 aliphatic rings. The van der Waals surface area contributed by atoms with Crippen molar-refractivity contribution < 1.29 is 9.53 Å². The van der Waals surface area contributed by atoms with Crippen LogP contribution in [-0.2, 0) is 4.79 Å². The van der Waals surface area contributed by atoms with E-state index in [0.717, 1.165) is 16.0 Å². The van der Waals surface area contributed by atoms with Crippen LogP contribution in [-0.4, -0.2) is 39.0 Å². The number of nitrogens with two attached hydrogens (primary N) is 1. The third-order valence-corrected chi connectivity index (χ3v) is 5.04. The van der Waals surface area contributed by atoms with Crippen LogP contribution in [0.25, 0.3) is 10.2 Å². The number of anilines is 2. The third kappa shape index (κ3) is 3.02. The number of benzene rings is 1. The molecule has 1 atom stereocenters. The molecule has 0 saturated carbocycles. The normalized spacial score (nSPS) is 12.3. The van der Waals surface area contributed by atoms with E-state index >= 15 is 0 Å². The van der Waals surface area contributed by atoms with E-state index in [1.807, 2.05) is 24.5 Å². The van der Waals surface area contributed by atoms with Crippen LogP contribution in [0.2, 0.25) is 0 Å². The Balaban J connectivity index is 1.82. The summed E-state index contributed by atoms with van der Waals surface area (Å²) in [5.41, 5.74) is 6.61. The molecule has 3 N–H and O–H groups in total. The van der Waals surface area contributed by atoms with E-state index in [1.165, 1.54) is 23.1 Å².